The van der Waals surface area contributed by atoms with E-state index < -0.39 is 0 Å². The number of anilines is 1. The molecule has 0 spiro atoms. The van der Waals surface area contributed by atoms with E-state index in [0.717, 1.165) is 22.2 Å². The zero-order chi connectivity index (χ0) is 16.9. The van der Waals surface area contributed by atoms with Crippen molar-refractivity contribution in [2.75, 3.05) is 5.32 Å². The predicted octanol–water partition coefficient (Wildman–Crippen LogP) is 3.57. The van der Waals surface area contributed by atoms with Gasteiger partial charge in [-0.3, -0.25) is 4.68 Å². The van der Waals surface area contributed by atoms with E-state index in [9.17, 15) is 4.39 Å². The van der Waals surface area contributed by atoms with E-state index in [0.29, 0.717) is 6.54 Å². The standard InChI is InChI=1S/C18H12FN5/c19-16-3-1-2-13(6-16)12-24-18-5-4-17(7-15(18)11-23-24)22-10-14(8-20)9-21/h1-7,10-11,22H,12H2. The molecule has 0 saturated carbocycles. The Morgan fingerprint density at radius 1 is 1.21 bits per heavy atom. The van der Waals surface area contributed by atoms with Gasteiger partial charge in [-0.05, 0) is 35.9 Å². The van der Waals surface area contributed by atoms with Crippen molar-refractivity contribution in [3.05, 3.63) is 71.8 Å². The van der Waals surface area contributed by atoms with Gasteiger partial charge >= 0.3 is 0 Å². The fraction of sp³-hybridized carbons (Fsp3) is 0.0556. The average Bonchev–Trinajstić information content (AvgIpc) is 2.98. The number of hydrogen-bond donors (Lipinski definition) is 1. The van der Waals surface area contributed by atoms with Gasteiger partial charge in [-0.25, -0.2) is 4.39 Å². The average molecular weight is 317 g/mol. The van der Waals surface area contributed by atoms with Crippen LogP contribution in [0.5, 0.6) is 0 Å². The summed E-state index contributed by atoms with van der Waals surface area (Å²) in [5.41, 5.74) is 2.49. The summed E-state index contributed by atoms with van der Waals surface area (Å²) in [5, 5.41) is 25.6. The van der Waals surface area contributed by atoms with Gasteiger partial charge in [0.05, 0.1) is 18.3 Å². The quantitative estimate of drug-likeness (QED) is 0.746. The van der Waals surface area contributed by atoms with Crippen LogP contribution in [0.15, 0.2) is 60.4 Å². The molecule has 0 radical (unpaired) electrons. The molecule has 0 amide bonds. The Hall–Kier alpha value is -3.64. The summed E-state index contributed by atoms with van der Waals surface area (Å²) in [5.74, 6) is -0.270. The molecule has 3 aromatic rings. The first-order valence-electron chi connectivity index (χ1n) is 7.16. The number of rotatable bonds is 4. The molecule has 0 aliphatic carbocycles. The minimum Gasteiger partial charge on any atom is -0.360 e. The SMILES string of the molecule is N#CC(C#N)=CNc1ccc2c(cnn2Cc2cccc(F)c2)c1. The maximum atomic E-state index is 13.3. The fourth-order valence-electron chi connectivity index (χ4n) is 2.36. The molecule has 0 aliphatic rings. The molecule has 0 aliphatic heterocycles. The minimum absolute atomic E-state index is 0.00287. The molecule has 2 aromatic carbocycles. The summed E-state index contributed by atoms with van der Waals surface area (Å²) in [7, 11) is 0. The van der Waals surface area contributed by atoms with Crippen molar-refractivity contribution in [1.29, 1.82) is 10.5 Å². The lowest BCUT2D eigenvalue weighted by Crippen LogP contribution is -2.01. The van der Waals surface area contributed by atoms with Gasteiger partial charge in [-0.2, -0.15) is 15.6 Å². The number of halogens is 1. The summed E-state index contributed by atoms with van der Waals surface area (Å²) in [4.78, 5) is 0. The van der Waals surface area contributed by atoms with Crippen molar-refractivity contribution in [3.63, 3.8) is 0 Å². The van der Waals surface area contributed by atoms with Gasteiger partial charge in [-0.1, -0.05) is 12.1 Å². The first-order chi connectivity index (χ1) is 11.7. The molecule has 5 nitrogen and oxygen atoms in total. The molecule has 6 heteroatoms. The molecule has 1 N–H and O–H groups in total. The summed E-state index contributed by atoms with van der Waals surface area (Å²) in [6.07, 6.45) is 3.08. The molecular weight excluding hydrogens is 305 g/mol. The molecule has 116 valence electrons. The van der Waals surface area contributed by atoms with Crippen molar-refractivity contribution >= 4 is 16.6 Å². The molecule has 0 unspecified atom stereocenters. The highest BCUT2D eigenvalue weighted by atomic mass is 19.1. The molecule has 1 aromatic heterocycles. The molecule has 0 saturated heterocycles. The Kier molecular flexibility index (Phi) is 4.22. The summed E-state index contributed by atoms with van der Waals surface area (Å²) in [6.45, 7) is 0.473. The molecule has 3 rings (SSSR count). The van der Waals surface area contributed by atoms with Crippen LogP contribution in [0.1, 0.15) is 5.56 Å². The van der Waals surface area contributed by atoms with Gasteiger partial charge in [0.1, 0.15) is 23.5 Å². The second kappa shape index (κ2) is 6.64. The van der Waals surface area contributed by atoms with E-state index >= 15 is 0 Å². The Labute approximate surface area is 137 Å². The maximum absolute atomic E-state index is 13.3. The van der Waals surface area contributed by atoms with E-state index in [1.54, 1.807) is 29.1 Å². The molecule has 0 bridgehead atoms. The van der Waals surface area contributed by atoms with Crippen LogP contribution in [0, 0.1) is 28.5 Å². The van der Waals surface area contributed by atoms with Crippen LogP contribution in [-0.4, -0.2) is 9.78 Å². The molecule has 1 heterocycles. The van der Waals surface area contributed by atoms with E-state index in [1.165, 1.54) is 18.3 Å². The number of nitrogens with zero attached hydrogens (tertiary/aromatic N) is 4. The van der Waals surface area contributed by atoms with Crippen molar-refractivity contribution in [1.82, 2.24) is 9.78 Å². The lowest BCUT2D eigenvalue weighted by Gasteiger charge is -2.05. The monoisotopic (exact) mass is 317 g/mol. The number of benzene rings is 2. The van der Waals surface area contributed by atoms with Gasteiger partial charge in [0, 0.05) is 17.3 Å². The third kappa shape index (κ3) is 3.23. The second-order valence-corrected chi connectivity index (χ2v) is 5.13. The van der Waals surface area contributed by atoms with Gasteiger partial charge in [0.25, 0.3) is 0 Å². The Balaban J connectivity index is 1.85. The van der Waals surface area contributed by atoms with Crippen molar-refractivity contribution in [2.45, 2.75) is 6.54 Å². The number of allylic oxidation sites excluding steroid dienone is 1. The summed E-state index contributed by atoms with van der Waals surface area (Å²) >= 11 is 0. The van der Waals surface area contributed by atoms with Gasteiger partial charge < -0.3 is 5.32 Å². The maximum Gasteiger partial charge on any atom is 0.145 e. The topological polar surface area (TPSA) is 77.4 Å². The van der Waals surface area contributed by atoms with Crippen LogP contribution < -0.4 is 5.32 Å². The summed E-state index contributed by atoms with van der Waals surface area (Å²) in [6, 6.07) is 15.6. The largest absolute Gasteiger partial charge is 0.360 e. The zero-order valence-corrected chi connectivity index (χ0v) is 12.6. The van der Waals surface area contributed by atoms with Gasteiger partial charge in [0.15, 0.2) is 0 Å². The molecule has 0 atom stereocenters. The van der Waals surface area contributed by atoms with E-state index in [1.807, 2.05) is 24.3 Å². The first-order valence-corrected chi connectivity index (χ1v) is 7.16. The third-order valence-electron chi connectivity index (χ3n) is 3.49. The van der Waals surface area contributed by atoms with E-state index in [4.69, 9.17) is 10.5 Å². The lowest BCUT2D eigenvalue weighted by atomic mass is 10.2. The number of nitriles is 2. The fourth-order valence-corrected chi connectivity index (χ4v) is 2.36. The molecule has 0 fully saturated rings. The van der Waals surface area contributed by atoms with E-state index in [2.05, 4.69) is 10.4 Å². The van der Waals surface area contributed by atoms with Crippen LogP contribution in [-0.2, 0) is 6.54 Å². The zero-order valence-electron chi connectivity index (χ0n) is 12.6. The van der Waals surface area contributed by atoms with Crippen molar-refractivity contribution < 1.29 is 4.39 Å². The number of fused-ring (bicyclic) bond motifs is 1. The van der Waals surface area contributed by atoms with Crippen molar-refractivity contribution in [3.8, 4) is 12.1 Å². The van der Waals surface area contributed by atoms with Crippen LogP contribution in [0.3, 0.4) is 0 Å². The Bertz CT molecular complexity index is 988. The Morgan fingerprint density at radius 3 is 2.79 bits per heavy atom. The molecule has 24 heavy (non-hydrogen) atoms. The summed E-state index contributed by atoms with van der Waals surface area (Å²) < 4.78 is 15.1. The highest BCUT2D eigenvalue weighted by molar-refractivity contribution is 5.82. The van der Waals surface area contributed by atoms with Crippen LogP contribution in [0.2, 0.25) is 0 Å². The Morgan fingerprint density at radius 2 is 2.04 bits per heavy atom. The van der Waals surface area contributed by atoms with Gasteiger partial charge in [0.2, 0.25) is 0 Å². The number of aromatic nitrogens is 2. The predicted molar refractivity (Wildman–Crippen MR) is 88.2 cm³/mol. The van der Waals surface area contributed by atoms with E-state index in [-0.39, 0.29) is 11.4 Å². The second-order valence-electron chi connectivity index (χ2n) is 5.13. The number of nitrogens with one attached hydrogen (secondary N) is 1. The van der Waals surface area contributed by atoms with Crippen LogP contribution in [0.4, 0.5) is 10.1 Å². The lowest BCUT2D eigenvalue weighted by molar-refractivity contribution is 0.621. The highest BCUT2D eigenvalue weighted by Crippen LogP contribution is 2.20. The normalized spacial score (nSPS) is 9.96. The van der Waals surface area contributed by atoms with Crippen LogP contribution >= 0.6 is 0 Å². The minimum atomic E-state index is -0.270. The van der Waals surface area contributed by atoms with Crippen LogP contribution in [0.25, 0.3) is 10.9 Å². The van der Waals surface area contributed by atoms with Gasteiger partial charge in [-0.15, -0.1) is 0 Å². The van der Waals surface area contributed by atoms with Crippen molar-refractivity contribution in [2.24, 2.45) is 0 Å². The molecular formula is C18H12FN5. The number of hydrogen-bond acceptors (Lipinski definition) is 4. The highest BCUT2D eigenvalue weighted by Gasteiger charge is 2.05. The first kappa shape index (κ1) is 15.3. The smallest absolute Gasteiger partial charge is 0.145 e. The third-order valence-corrected chi connectivity index (χ3v) is 3.49.